The van der Waals surface area contributed by atoms with Gasteiger partial charge < -0.3 is 4.74 Å². The minimum absolute atomic E-state index is 0.637. The highest BCUT2D eigenvalue weighted by Gasteiger charge is 2.04. The molecule has 3 heteroatoms. The van der Waals surface area contributed by atoms with Gasteiger partial charge in [0.1, 0.15) is 0 Å². The zero-order chi connectivity index (χ0) is 9.14. The fraction of sp³-hybridized carbons (Fsp3) is 0.556. The van der Waals surface area contributed by atoms with Crippen molar-refractivity contribution in [2.45, 2.75) is 27.7 Å². The Hall–Kier alpha value is -1.12. The SMILES string of the molecule is CCOc1nc(C)c(C)nc1C. The van der Waals surface area contributed by atoms with Crippen molar-refractivity contribution in [3.63, 3.8) is 0 Å². The van der Waals surface area contributed by atoms with Gasteiger partial charge in [-0.2, -0.15) is 0 Å². The lowest BCUT2D eigenvalue weighted by atomic mass is 10.3. The van der Waals surface area contributed by atoms with Crippen LogP contribution in [0.1, 0.15) is 24.0 Å². The number of nitrogens with zero attached hydrogens (tertiary/aromatic N) is 2. The van der Waals surface area contributed by atoms with Gasteiger partial charge in [0.25, 0.3) is 0 Å². The average molecular weight is 166 g/mol. The van der Waals surface area contributed by atoms with Crippen molar-refractivity contribution in [2.24, 2.45) is 0 Å². The molecule has 12 heavy (non-hydrogen) atoms. The van der Waals surface area contributed by atoms with E-state index >= 15 is 0 Å². The van der Waals surface area contributed by atoms with E-state index in [4.69, 9.17) is 4.74 Å². The molecular weight excluding hydrogens is 152 g/mol. The van der Waals surface area contributed by atoms with Crippen molar-refractivity contribution in [1.29, 1.82) is 0 Å². The van der Waals surface area contributed by atoms with Gasteiger partial charge in [-0.3, -0.25) is 4.98 Å². The number of rotatable bonds is 2. The number of hydrogen-bond acceptors (Lipinski definition) is 3. The summed E-state index contributed by atoms with van der Waals surface area (Å²) in [6.07, 6.45) is 0. The van der Waals surface area contributed by atoms with E-state index in [-0.39, 0.29) is 0 Å². The van der Waals surface area contributed by atoms with Crippen molar-refractivity contribution in [3.8, 4) is 5.88 Å². The largest absolute Gasteiger partial charge is 0.477 e. The predicted octanol–water partition coefficient (Wildman–Crippen LogP) is 1.80. The molecule has 0 saturated heterocycles. The fourth-order valence-corrected chi connectivity index (χ4v) is 0.968. The lowest BCUT2D eigenvalue weighted by molar-refractivity contribution is 0.321. The second kappa shape index (κ2) is 3.52. The molecule has 1 rings (SSSR count). The summed E-state index contributed by atoms with van der Waals surface area (Å²) < 4.78 is 5.30. The minimum Gasteiger partial charge on any atom is -0.477 e. The third-order valence-electron chi connectivity index (χ3n) is 1.72. The smallest absolute Gasteiger partial charge is 0.235 e. The molecule has 1 aromatic heterocycles. The summed E-state index contributed by atoms with van der Waals surface area (Å²) in [7, 11) is 0. The first kappa shape index (κ1) is 8.97. The van der Waals surface area contributed by atoms with E-state index in [0.717, 1.165) is 17.1 Å². The van der Waals surface area contributed by atoms with Crippen LogP contribution in [0.3, 0.4) is 0 Å². The van der Waals surface area contributed by atoms with Crippen LogP contribution in [0, 0.1) is 20.8 Å². The van der Waals surface area contributed by atoms with Crippen molar-refractivity contribution in [3.05, 3.63) is 17.1 Å². The van der Waals surface area contributed by atoms with Crippen LogP contribution in [0.4, 0.5) is 0 Å². The molecule has 66 valence electrons. The monoisotopic (exact) mass is 166 g/mol. The lowest BCUT2D eigenvalue weighted by Crippen LogP contribution is -2.02. The Balaban J connectivity index is 3.05. The Morgan fingerprint density at radius 3 is 2.17 bits per heavy atom. The highest BCUT2D eigenvalue weighted by molar-refractivity contribution is 5.22. The molecule has 0 aliphatic heterocycles. The van der Waals surface area contributed by atoms with Gasteiger partial charge >= 0.3 is 0 Å². The van der Waals surface area contributed by atoms with Gasteiger partial charge in [0.15, 0.2) is 0 Å². The van der Waals surface area contributed by atoms with E-state index in [1.807, 2.05) is 27.7 Å². The molecule has 0 atom stereocenters. The molecule has 0 unspecified atom stereocenters. The molecule has 3 nitrogen and oxygen atoms in total. The maximum atomic E-state index is 5.30. The molecule has 0 spiro atoms. The van der Waals surface area contributed by atoms with Crippen molar-refractivity contribution < 1.29 is 4.74 Å². The third kappa shape index (κ3) is 1.72. The summed E-state index contributed by atoms with van der Waals surface area (Å²) in [5.41, 5.74) is 2.76. The molecule has 1 heterocycles. The summed E-state index contributed by atoms with van der Waals surface area (Å²) in [4.78, 5) is 8.58. The van der Waals surface area contributed by atoms with Gasteiger partial charge in [0, 0.05) is 0 Å². The van der Waals surface area contributed by atoms with E-state index in [2.05, 4.69) is 9.97 Å². The summed E-state index contributed by atoms with van der Waals surface area (Å²) in [5.74, 6) is 0.653. The normalized spacial score (nSPS) is 10.0. The summed E-state index contributed by atoms with van der Waals surface area (Å²) in [5, 5.41) is 0. The highest BCUT2D eigenvalue weighted by atomic mass is 16.5. The van der Waals surface area contributed by atoms with Crippen LogP contribution in [-0.2, 0) is 0 Å². The van der Waals surface area contributed by atoms with Gasteiger partial charge in [-0.05, 0) is 27.7 Å². The molecule has 0 bridgehead atoms. The van der Waals surface area contributed by atoms with Crippen molar-refractivity contribution in [2.75, 3.05) is 6.61 Å². The van der Waals surface area contributed by atoms with Gasteiger partial charge in [-0.25, -0.2) is 4.98 Å². The average Bonchev–Trinajstić information content (AvgIpc) is 2.01. The quantitative estimate of drug-likeness (QED) is 0.672. The highest BCUT2D eigenvalue weighted by Crippen LogP contribution is 2.13. The molecule has 1 aromatic rings. The molecule has 0 aliphatic rings. The van der Waals surface area contributed by atoms with E-state index in [9.17, 15) is 0 Å². The fourth-order valence-electron chi connectivity index (χ4n) is 0.968. The number of aryl methyl sites for hydroxylation is 3. The molecule has 0 amide bonds. The van der Waals surface area contributed by atoms with Gasteiger partial charge in [-0.15, -0.1) is 0 Å². The Labute approximate surface area is 72.8 Å². The lowest BCUT2D eigenvalue weighted by Gasteiger charge is -2.07. The number of hydrogen-bond donors (Lipinski definition) is 0. The van der Waals surface area contributed by atoms with E-state index < -0.39 is 0 Å². The number of aromatic nitrogens is 2. The first-order valence-electron chi connectivity index (χ1n) is 4.09. The number of ether oxygens (including phenoxy) is 1. The van der Waals surface area contributed by atoms with Crippen molar-refractivity contribution >= 4 is 0 Å². The molecule has 0 N–H and O–H groups in total. The molecule has 0 radical (unpaired) electrons. The van der Waals surface area contributed by atoms with Crippen LogP contribution in [-0.4, -0.2) is 16.6 Å². The molecule has 0 fully saturated rings. The van der Waals surface area contributed by atoms with Gasteiger partial charge in [-0.1, -0.05) is 0 Å². The maximum Gasteiger partial charge on any atom is 0.235 e. The zero-order valence-electron chi connectivity index (χ0n) is 8.01. The van der Waals surface area contributed by atoms with Gasteiger partial charge in [0.2, 0.25) is 5.88 Å². The maximum absolute atomic E-state index is 5.30. The van der Waals surface area contributed by atoms with Crippen LogP contribution in [0.25, 0.3) is 0 Å². The van der Waals surface area contributed by atoms with E-state index in [1.54, 1.807) is 0 Å². The van der Waals surface area contributed by atoms with Crippen molar-refractivity contribution in [1.82, 2.24) is 9.97 Å². The second-order valence-electron chi connectivity index (χ2n) is 2.72. The first-order chi connectivity index (χ1) is 5.65. The Morgan fingerprint density at radius 2 is 1.58 bits per heavy atom. The summed E-state index contributed by atoms with van der Waals surface area (Å²) in [6, 6.07) is 0. The van der Waals surface area contributed by atoms with Crippen LogP contribution in [0.15, 0.2) is 0 Å². The van der Waals surface area contributed by atoms with Crippen LogP contribution >= 0.6 is 0 Å². The Bertz CT molecular complexity index is 284. The van der Waals surface area contributed by atoms with E-state index in [1.165, 1.54) is 0 Å². The van der Waals surface area contributed by atoms with Crippen LogP contribution in [0.2, 0.25) is 0 Å². The van der Waals surface area contributed by atoms with Crippen LogP contribution < -0.4 is 4.74 Å². The molecule has 0 aromatic carbocycles. The minimum atomic E-state index is 0.637. The third-order valence-corrected chi connectivity index (χ3v) is 1.72. The Kier molecular flexibility index (Phi) is 2.63. The molecular formula is C9H14N2O. The van der Waals surface area contributed by atoms with E-state index in [0.29, 0.717) is 12.5 Å². The summed E-state index contributed by atoms with van der Waals surface area (Å²) in [6.45, 7) is 8.37. The molecule has 0 saturated carbocycles. The molecule has 0 aliphatic carbocycles. The second-order valence-corrected chi connectivity index (χ2v) is 2.72. The Morgan fingerprint density at radius 1 is 1.00 bits per heavy atom. The first-order valence-corrected chi connectivity index (χ1v) is 4.09. The van der Waals surface area contributed by atoms with Crippen LogP contribution in [0.5, 0.6) is 5.88 Å². The zero-order valence-corrected chi connectivity index (χ0v) is 8.01. The summed E-state index contributed by atoms with van der Waals surface area (Å²) >= 11 is 0. The predicted molar refractivity (Wildman–Crippen MR) is 47.4 cm³/mol. The topological polar surface area (TPSA) is 35.0 Å². The van der Waals surface area contributed by atoms with Gasteiger partial charge in [0.05, 0.1) is 23.7 Å². The standard InChI is InChI=1S/C9H14N2O/c1-5-12-9-8(4)10-6(2)7(3)11-9/h5H2,1-4H3.